The fraction of sp³-hybridized carbons (Fsp3) is 0.524. The van der Waals surface area contributed by atoms with Crippen LogP contribution < -0.4 is 5.73 Å². The number of pyridine rings is 1. The molecule has 1 aliphatic rings. The van der Waals surface area contributed by atoms with Crippen molar-refractivity contribution in [1.29, 1.82) is 0 Å². The van der Waals surface area contributed by atoms with E-state index >= 15 is 4.39 Å². The second-order valence-electron chi connectivity index (χ2n) is 8.38. The number of hydrogen-bond donors (Lipinski definition) is 2. The Kier molecular flexibility index (Phi) is 6.08. The highest BCUT2D eigenvalue weighted by Crippen LogP contribution is 2.34. The lowest BCUT2D eigenvalue weighted by Crippen LogP contribution is -2.47. The Balaban J connectivity index is 1.67. The van der Waals surface area contributed by atoms with Crippen LogP contribution in [0.5, 0.6) is 0 Å². The summed E-state index contributed by atoms with van der Waals surface area (Å²) < 4.78 is 15.9. The summed E-state index contributed by atoms with van der Waals surface area (Å²) in [4.78, 5) is 19.2. The van der Waals surface area contributed by atoms with Crippen LogP contribution >= 0.6 is 15.9 Å². The number of rotatable bonds is 6. The summed E-state index contributed by atoms with van der Waals surface area (Å²) in [5.41, 5.74) is 5.51. The maximum atomic E-state index is 15.2. The first-order chi connectivity index (χ1) is 13.1. The van der Waals surface area contributed by atoms with E-state index in [1.54, 1.807) is 32.2 Å². The molecule has 1 aromatic carbocycles. The van der Waals surface area contributed by atoms with Crippen LogP contribution in [0.15, 0.2) is 28.9 Å². The van der Waals surface area contributed by atoms with Gasteiger partial charge in [0.15, 0.2) is 5.78 Å². The summed E-state index contributed by atoms with van der Waals surface area (Å²) >= 11 is 3.40. The topological polar surface area (TPSA) is 79.5 Å². The van der Waals surface area contributed by atoms with Crippen LogP contribution in [0.1, 0.15) is 49.9 Å². The number of Topliss-reactive ketones (excluding diaryl/α,β-unsaturated/α-hetero) is 1. The smallest absolute Gasteiger partial charge is 0.165 e. The number of anilines is 1. The van der Waals surface area contributed by atoms with Crippen molar-refractivity contribution in [2.24, 2.45) is 0 Å². The molecule has 2 heterocycles. The van der Waals surface area contributed by atoms with Crippen LogP contribution in [0, 0.1) is 0 Å². The summed E-state index contributed by atoms with van der Waals surface area (Å²) in [5.74, 6) is -0.125. The molecule has 0 bridgehead atoms. The maximum absolute atomic E-state index is 15.2. The number of carbonyl (C=O) groups is 1. The van der Waals surface area contributed by atoms with Gasteiger partial charge in [0.05, 0.1) is 16.8 Å². The molecule has 0 aliphatic carbocycles. The van der Waals surface area contributed by atoms with Gasteiger partial charge in [-0.25, -0.2) is 4.39 Å². The molecule has 1 saturated heterocycles. The van der Waals surface area contributed by atoms with Crippen molar-refractivity contribution in [3.63, 3.8) is 0 Å². The van der Waals surface area contributed by atoms with Gasteiger partial charge in [-0.2, -0.15) is 0 Å². The minimum absolute atomic E-state index is 0.125. The van der Waals surface area contributed by atoms with Gasteiger partial charge in [0.25, 0.3) is 0 Å². The lowest BCUT2D eigenvalue weighted by molar-refractivity contribution is -0.00366. The number of aromatic nitrogens is 1. The molecule has 152 valence electrons. The van der Waals surface area contributed by atoms with Crippen LogP contribution in [0.25, 0.3) is 10.9 Å². The number of piperidine rings is 1. The first-order valence-electron chi connectivity index (χ1n) is 9.58. The van der Waals surface area contributed by atoms with Crippen molar-refractivity contribution in [3.05, 3.63) is 34.4 Å². The van der Waals surface area contributed by atoms with E-state index in [1.807, 2.05) is 6.07 Å². The van der Waals surface area contributed by atoms with Gasteiger partial charge >= 0.3 is 0 Å². The largest absolute Gasteiger partial charge is 0.397 e. The molecule has 1 aliphatic heterocycles. The fourth-order valence-electron chi connectivity index (χ4n) is 3.83. The van der Waals surface area contributed by atoms with Gasteiger partial charge in [-0.05, 0) is 67.2 Å². The molecule has 3 rings (SSSR count). The molecule has 7 heteroatoms. The second-order valence-corrected chi connectivity index (χ2v) is 9.24. The number of aliphatic hydroxyl groups is 1. The Labute approximate surface area is 173 Å². The van der Waals surface area contributed by atoms with Gasteiger partial charge in [-0.3, -0.25) is 9.78 Å². The average molecular weight is 452 g/mol. The standard InChI is InChI=1S/C21H27BrFN3O2/c1-20(2,28)13-26-10-7-21(23,8-11-26)6-5-17(27)15-12-16(22)18(24)14-4-3-9-25-19(14)15/h3-4,9,12,28H,5-8,10-11,13,24H2,1-2H3. The number of benzene rings is 1. The lowest BCUT2D eigenvalue weighted by Gasteiger charge is -2.38. The Morgan fingerprint density at radius 1 is 1.43 bits per heavy atom. The number of fused-ring (bicyclic) bond motifs is 1. The molecule has 2 aromatic rings. The Bertz CT molecular complexity index is 874. The van der Waals surface area contributed by atoms with Gasteiger partial charge in [0.2, 0.25) is 0 Å². The summed E-state index contributed by atoms with van der Waals surface area (Å²) in [7, 11) is 0. The number of nitrogen functional groups attached to an aromatic ring is 1. The molecule has 3 N–H and O–H groups in total. The second kappa shape index (κ2) is 8.05. The number of ketones is 1. The van der Waals surface area contributed by atoms with Crippen LogP contribution in [-0.2, 0) is 0 Å². The molecular weight excluding hydrogens is 425 g/mol. The zero-order valence-electron chi connectivity index (χ0n) is 16.3. The number of hydrogen-bond acceptors (Lipinski definition) is 5. The monoisotopic (exact) mass is 451 g/mol. The molecule has 28 heavy (non-hydrogen) atoms. The van der Waals surface area contributed by atoms with Gasteiger partial charge in [-0.15, -0.1) is 0 Å². The molecule has 0 saturated carbocycles. The minimum Gasteiger partial charge on any atom is -0.397 e. The molecular formula is C21H27BrFN3O2. The van der Waals surface area contributed by atoms with Crippen molar-refractivity contribution in [2.45, 2.75) is 50.8 Å². The van der Waals surface area contributed by atoms with Gasteiger partial charge in [-0.1, -0.05) is 0 Å². The first-order valence-corrected chi connectivity index (χ1v) is 10.4. The average Bonchev–Trinajstić information content (AvgIpc) is 2.64. The number of β-amino-alcohol motifs (C(OH)–C–C–N with tert-alkyl or cyclic N) is 1. The third-order valence-electron chi connectivity index (χ3n) is 5.34. The van der Waals surface area contributed by atoms with Crippen molar-refractivity contribution in [2.75, 3.05) is 25.4 Å². The normalized spacial score (nSPS) is 17.8. The quantitative estimate of drug-likeness (QED) is 0.509. The predicted octanol–water partition coefficient (Wildman–Crippen LogP) is 4.12. The highest BCUT2D eigenvalue weighted by molar-refractivity contribution is 9.10. The number of alkyl halides is 1. The van der Waals surface area contributed by atoms with Gasteiger partial charge in [0, 0.05) is 47.7 Å². The maximum Gasteiger partial charge on any atom is 0.165 e. The van der Waals surface area contributed by atoms with E-state index in [4.69, 9.17) is 5.73 Å². The van der Waals surface area contributed by atoms with E-state index in [9.17, 15) is 9.90 Å². The number of carbonyl (C=O) groups excluding carboxylic acids is 1. The van der Waals surface area contributed by atoms with Crippen molar-refractivity contribution in [3.8, 4) is 0 Å². The first kappa shape index (κ1) is 21.1. The zero-order valence-corrected chi connectivity index (χ0v) is 17.9. The molecule has 0 radical (unpaired) electrons. The third-order valence-corrected chi connectivity index (χ3v) is 6.00. The van der Waals surface area contributed by atoms with E-state index in [2.05, 4.69) is 25.8 Å². The van der Waals surface area contributed by atoms with E-state index < -0.39 is 11.3 Å². The minimum atomic E-state index is -1.35. The SMILES string of the molecule is CC(C)(O)CN1CCC(F)(CCC(=O)c2cc(Br)c(N)c3cccnc23)CC1. The molecule has 1 aromatic heterocycles. The summed E-state index contributed by atoms with van der Waals surface area (Å²) in [6.07, 6.45) is 2.70. The Morgan fingerprint density at radius 3 is 2.75 bits per heavy atom. The third kappa shape index (κ3) is 4.88. The van der Waals surface area contributed by atoms with E-state index in [-0.39, 0.29) is 18.6 Å². The van der Waals surface area contributed by atoms with Crippen LogP contribution in [-0.4, -0.2) is 51.7 Å². The number of halogens is 2. The van der Waals surface area contributed by atoms with Gasteiger partial charge < -0.3 is 15.7 Å². The Morgan fingerprint density at radius 2 is 2.11 bits per heavy atom. The van der Waals surface area contributed by atoms with Crippen molar-refractivity contribution < 1.29 is 14.3 Å². The van der Waals surface area contributed by atoms with Crippen LogP contribution in [0.3, 0.4) is 0 Å². The predicted molar refractivity (Wildman–Crippen MR) is 113 cm³/mol. The molecule has 0 spiro atoms. The van der Waals surface area contributed by atoms with Crippen molar-refractivity contribution >= 4 is 38.3 Å². The number of nitrogens with two attached hydrogens (primary N) is 1. The fourth-order valence-corrected chi connectivity index (χ4v) is 4.28. The number of likely N-dealkylation sites (tertiary alicyclic amines) is 1. The summed E-state index contributed by atoms with van der Waals surface area (Å²) in [6, 6.07) is 5.29. The van der Waals surface area contributed by atoms with E-state index in [0.29, 0.717) is 53.7 Å². The molecule has 5 nitrogen and oxygen atoms in total. The summed E-state index contributed by atoms with van der Waals surface area (Å²) in [6.45, 7) is 5.22. The number of nitrogens with zero attached hydrogens (tertiary/aromatic N) is 2. The molecule has 0 unspecified atom stereocenters. The van der Waals surface area contributed by atoms with E-state index in [0.717, 1.165) is 5.39 Å². The van der Waals surface area contributed by atoms with E-state index in [1.165, 1.54) is 0 Å². The lowest BCUT2D eigenvalue weighted by atomic mass is 9.86. The highest BCUT2D eigenvalue weighted by atomic mass is 79.9. The van der Waals surface area contributed by atoms with Crippen LogP contribution in [0.4, 0.5) is 10.1 Å². The van der Waals surface area contributed by atoms with Crippen LogP contribution in [0.2, 0.25) is 0 Å². The zero-order chi connectivity index (χ0) is 20.5. The van der Waals surface area contributed by atoms with Gasteiger partial charge in [0.1, 0.15) is 5.67 Å². The summed E-state index contributed by atoms with van der Waals surface area (Å²) in [5, 5.41) is 10.6. The molecule has 0 atom stereocenters. The Hall–Kier alpha value is -1.57. The molecule has 1 fully saturated rings. The molecule has 0 amide bonds. The highest BCUT2D eigenvalue weighted by Gasteiger charge is 2.36. The van der Waals surface area contributed by atoms with Crippen molar-refractivity contribution in [1.82, 2.24) is 9.88 Å².